The Balaban J connectivity index is 2.07. The van der Waals surface area contributed by atoms with Crippen LogP contribution in [0.2, 0.25) is 5.02 Å². The highest BCUT2D eigenvalue weighted by atomic mass is 79.9. The Labute approximate surface area is 118 Å². The van der Waals surface area contributed by atoms with Crippen molar-refractivity contribution in [1.82, 2.24) is 0 Å². The summed E-state index contributed by atoms with van der Waals surface area (Å²) < 4.78 is 6.30. The first-order valence-corrected chi connectivity index (χ1v) is 7.05. The summed E-state index contributed by atoms with van der Waals surface area (Å²) in [4.78, 5) is 1.26. The number of hydrogen-bond donors (Lipinski definition) is 1. The first-order valence-electron chi connectivity index (χ1n) is 5.00. The first-order chi connectivity index (χ1) is 8.20. The topological polar surface area (TPSA) is 21.3 Å². The number of rotatable bonds is 4. The summed E-state index contributed by atoms with van der Waals surface area (Å²) in [5.74, 6) is 0.682. The second kappa shape index (κ2) is 5.76. The zero-order chi connectivity index (χ0) is 12.3. The molecule has 1 heterocycles. The van der Waals surface area contributed by atoms with Gasteiger partial charge in [-0.25, -0.2) is 0 Å². The summed E-state index contributed by atoms with van der Waals surface area (Å²) in [5, 5.41) is 6.01. The summed E-state index contributed by atoms with van der Waals surface area (Å²) in [6.07, 6.45) is 0. The zero-order valence-electron chi connectivity index (χ0n) is 9.17. The molecule has 17 heavy (non-hydrogen) atoms. The molecule has 0 radical (unpaired) electrons. The lowest BCUT2D eigenvalue weighted by Gasteiger charge is -2.08. The van der Waals surface area contributed by atoms with Crippen molar-refractivity contribution < 1.29 is 4.74 Å². The molecule has 0 fully saturated rings. The van der Waals surface area contributed by atoms with Gasteiger partial charge in [-0.2, -0.15) is 0 Å². The molecular formula is C12H11BrClNOS. The second-order valence-corrected chi connectivity index (χ2v) is 5.66. The molecule has 2 aromatic rings. The van der Waals surface area contributed by atoms with Gasteiger partial charge in [0, 0.05) is 21.1 Å². The van der Waals surface area contributed by atoms with Crippen LogP contribution in [0.25, 0.3) is 0 Å². The molecule has 90 valence electrons. The van der Waals surface area contributed by atoms with E-state index in [9.17, 15) is 0 Å². The summed E-state index contributed by atoms with van der Waals surface area (Å²) in [5.41, 5.74) is 0.992. The van der Waals surface area contributed by atoms with Crippen molar-refractivity contribution in [2.24, 2.45) is 0 Å². The van der Waals surface area contributed by atoms with Crippen LogP contribution in [-0.2, 0) is 6.54 Å². The number of benzene rings is 1. The summed E-state index contributed by atoms with van der Waals surface area (Å²) in [7, 11) is 1.61. The fourth-order valence-corrected chi connectivity index (χ4v) is 3.03. The molecule has 0 spiro atoms. The van der Waals surface area contributed by atoms with Crippen molar-refractivity contribution >= 4 is 44.6 Å². The zero-order valence-corrected chi connectivity index (χ0v) is 12.3. The lowest BCUT2D eigenvalue weighted by atomic mass is 10.3. The Hall–Kier alpha value is -0.710. The Bertz CT molecular complexity index is 515. The fraction of sp³-hybridized carbons (Fsp3) is 0.167. The third-order valence-corrected chi connectivity index (χ3v) is 4.53. The first kappa shape index (κ1) is 12.7. The smallest absolute Gasteiger partial charge is 0.139 e. The van der Waals surface area contributed by atoms with E-state index in [4.69, 9.17) is 16.3 Å². The van der Waals surface area contributed by atoms with Crippen molar-refractivity contribution in [3.8, 4) is 5.75 Å². The minimum atomic E-state index is 0.621. The highest BCUT2D eigenvalue weighted by molar-refractivity contribution is 9.10. The van der Waals surface area contributed by atoms with Crippen LogP contribution < -0.4 is 10.1 Å². The van der Waals surface area contributed by atoms with E-state index in [-0.39, 0.29) is 0 Å². The number of methoxy groups -OCH3 is 1. The number of ether oxygens (including phenoxy) is 1. The third kappa shape index (κ3) is 3.15. The number of halogens is 2. The molecule has 2 rings (SSSR count). The van der Waals surface area contributed by atoms with E-state index in [1.54, 1.807) is 18.4 Å². The van der Waals surface area contributed by atoms with Gasteiger partial charge in [0.25, 0.3) is 0 Å². The van der Waals surface area contributed by atoms with Gasteiger partial charge < -0.3 is 10.1 Å². The van der Waals surface area contributed by atoms with Crippen LogP contribution in [0.4, 0.5) is 5.69 Å². The molecule has 0 saturated heterocycles. The van der Waals surface area contributed by atoms with E-state index < -0.39 is 0 Å². The molecule has 0 atom stereocenters. The van der Waals surface area contributed by atoms with Gasteiger partial charge in [-0.1, -0.05) is 11.6 Å². The molecule has 0 aliphatic rings. The van der Waals surface area contributed by atoms with Crippen LogP contribution in [0.15, 0.2) is 34.1 Å². The van der Waals surface area contributed by atoms with Crippen molar-refractivity contribution in [2.75, 3.05) is 12.4 Å². The van der Waals surface area contributed by atoms with Crippen LogP contribution in [0, 0.1) is 0 Å². The van der Waals surface area contributed by atoms with Gasteiger partial charge in [-0.15, -0.1) is 11.3 Å². The predicted molar refractivity (Wildman–Crippen MR) is 77.3 cm³/mol. The van der Waals surface area contributed by atoms with Crippen LogP contribution >= 0.6 is 38.9 Å². The summed E-state index contributed by atoms with van der Waals surface area (Å²) in [6, 6.07) is 7.70. The molecule has 1 aromatic heterocycles. The lowest BCUT2D eigenvalue weighted by molar-refractivity contribution is 0.415. The largest absolute Gasteiger partial charge is 0.495 e. The Morgan fingerprint density at radius 2 is 2.24 bits per heavy atom. The molecule has 2 nitrogen and oxygen atoms in total. The van der Waals surface area contributed by atoms with Gasteiger partial charge in [0.05, 0.1) is 18.7 Å². The van der Waals surface area contributed by atoms with E-state index in [0.29, 0.717) is 10.8 Å². The van der Waals surface area contributed by atoms with Gasteiger partial charge in [0.2, 0.25) is 0 Å². The molecule has 1 aromatic carbocycles. The third-order valence-electron chi connectivity index (χ3n) is 2.30. The molecule has 0 unspecified atom stereocenters. The molecule has 0 bridgehead atoms. The van der Waals surface area contributed by atoms with Crippen molar-refractivity contribution in [2.45, 2.75) is 6.54 Å². The van der Waals surface area contributed by atoms with Crippen LogP contribution in [-0.4, -0.2) is 7.11 Å². The maximum Gasteiger partial charge on any atom is 0.139 e. The molecule has 1 N–H and O–H groups in total. The van der Waals surface area contributed by atoms with E-state index >= 15 is 0 Å². The maximum absolute atomic E-state index is 5.96. The molecular weight excluding hydrogens is 322 g/mol. The number of anilines is 1. The molecule has 0 amide bonds. The molecule has 5 heteroatoms. The highest BCUT2D eigenvalue weighted by Crippen LogP contribution is 2.28. The standard InChI is InChI=1S/C12H11BrClNOS/c1-16-11-6-8(2-3-10(11)14)15-7-12-9(13)4-5-17-12/h2-6,15H,7H2,1H3. The number of thiophene rings is 1. The van der Waals surface area contributed by atoms with Crippen molar-refractivity contribution in [1.29, 1.82) is 0 Å². The maximum atomic E-state index is 5.96. The van der Waals surface area contributed by atoms with E-state index in [1.165, 1.54) is 4.88 Å². The van der Waals surface area contributed by atoms with Gasteiger partial charge in [0.1, 0.15) is 5.75 Å². The van der Waals surface area contributed by atoms with Crippen LogP contribution in [0.1, 0.15) is 4.88 Å². The molecule has 0 saturated carbocycles. The monoisotopic (exact) mass is 331 g/mol. The number of nitrogens with one attached hydrogen (secondary N) is 1. The van der Waals surface area contributed by atoms with E-state index in [0.717, 1.165) is 16.7 Å². The summed E-state index contributed by atoms with van der Waals surface area (Å²) >= 11 is 11.2. The van der Waals surface area contributed by atoms with Gasteiger partial charge in [-0.3, -0.25) is 0 Å². The minimum Gasteiger partial charge on any atom is -0.495 e. The van der Waals surface area contributed by atoms with E-state index in [1.807, 2.05) is 24.3 Å². The van der Waals surface area contributed by atoms with Gasteiger partial charge in [-0.05, 0) is 39.5 Å². The molecule has 0 aliphatic carbocycles. The SMILES string of the molecule is COc1cc(NCc2sccc2Br)ccc1Cl. The highest BCUT2D eigenvalue weighted by Gasteiger charge is 2.04. The van der Waals surface area contributed by atoms with Crippen molar-refractivity contribution in [3.05, 3.63) is 44.0 Å². The normalized spacial score (nSPS) is 10.3. The number of hydrogen-bond acceptors (Lipinski definition) is 3. The fourth-order valence-electron chi connectivity index (χ4n) is 1.40. The lowest BCUT2D eigenvalue weighted by Crippen LogP contribution is -1.98. The van der Waals surface area contributed by atoms with Gasteiger partial charge in [0.15, 0.2) is 0 Å². The Kier molecular flexibility index (Phi) is 4.31. The van der Waals surface area contributed by atoms with Crippen LogP contribution in [0.5, 0.6) is 5.75 Å². The quantitative estimate of drug-likeness (QED) is 0.869. The second-order valence-electron chi connectivity index (χ2n) is 3.39. The average molecular weight is 333 g/mol. The Morgan fingerprint density at radius 3 is 2.88 bits per heavy atom. The van der Waals surface area contributed by atoms with Crippen molar-refractivity contribution in [3.63, 3.8) is 0 Å². The predicted octanol–water partition coefficient (Wildman–Crippen LogP) is 4.78. The minimum absolute atomic E-state index is 0.621. The van der Waals surface area contributed by atoms with Crippen LogP contribution in [0.3, 0.4) is 0 Å². The van der Waals surface area contributed by atoms with E-state index in [2.05, 4.69) is 26.6 Å². The van der Waals surface area contributed by atoms with Gasteiger partial charge >= 0.3 is 0 Å². The Morgan fingerprint density at radius 1 is 1.41 bits per heavy atom. The average Bonchev–Trinajstić information content (AvgIpc) is 2.74. The summed E-state index contributed by atoms with van der Waals surface area (Å²) in [6.45, 7) is 0.781. The molecule has 0 aliphatic heterocycles.